The van der Waals surface area contributed by atoms with Crippen molar-refractivity contribution in [1.29, 1.82) is 0 Å². The summed E-state index contributed by atoms with van der Waals surface area (Å²) in [5.41, 5.74) is 6.71. The van der Waals surface area contributed by atoms with Gasteiger partial charge < -0.3 is 10.1 Å². The minimum Gasteiger partial charge on any atom is -0.494 e. The number of rotatable bonds is 6. The van der Waals surface area contributed by atoms with Gasteiger partial charge >= 0.3 is 0 Å². The standard InChI is InChI=1S/C27H26F2N6O3S/c1-14-8-9-35(26(37)15(14)2)22-11-17(18-10-20(24(28)29)30-13-21(18)38-3)19(12-31-22)25(36)32-27-34-33-23(39-27)7-6-16-4-5-16/h8-13,16,23-24,27,33-34H,4-5H2,1-3H3,(H,32,36). The lowest BCUT2D eigenvalue weighted by Crippen LogP contribution is -2.43. The largest absolute Gasteiger partial charge is 0.494 e. The maximum absolute atomic E-state index is 13.6. The topological polar surface area (TPSA) is 110 Å². The Morgan fingerprint density at radius 3 is 2.69 bits per heavy atom. The van der Waals surface area contributed by atoms with Gasteiger partial charge in [0.25, 0.3) is 17.9 Å². The fourth-order valence-corrected chi connectivity index (χ4v) is 4.81. The number of carbonyl (C=O) groups excluding carboxylic acids is 1. The maximum Gasteiger partial charge on any atom is 0.280 e. The van der Waals surface area contributed by atoms with Crippen LogP contribution in [0.15, 0.2) is 41.6 Å². The molecule has 0 aromatic carbocycles. The van der Waals surface area contributed by atoms with Crippen LogP contribution in [0.5, 0.6) is 5.75 Å². The number of amides is 1. The van der Waals surface area contributed by atoms with E-state index in [4.69, 9.17) is 4.74 Å². The number of alkyl halides is 2. The molecule has 2 atom stereocenters. The summed E-state index contributed by atoms with van der Waals surface area (Å²) in [6.07, 6.45) is 3.48. The molecular formula is C27H26F2N6O3S. The van der Waals surface area contributed by atoms with Gasteiger partial charge in [0.2, 0.25) is 0 Å². The molecule has 1 aliphatic heterocycles. The third-order valence-corrected chi connectivity index (χ3v) is 7.50. The van der Waals surface area contributed by atoms with E-state index >= 15 is 0 Å². The quantitative estimate of drug-likeness (QED) is 0.399. The molecule has 12 heteroatoms. The molecule has 2 aliphatic rings. The summed E-state index contributed by atoms with van der Waals surface area (Å²) < 4.78 is 33.9. The molecule has 3 aromatic rings. The number of halogens is 2. The van der Waals surface area contributed by atoms with Gasteiger partial charge in [0.1, 0.15) is 28.1 Å². The van der Waals surface area contributed by atoms with E-state index in [2.05, 4.69) is 38.0 Å². The Kier molecular flexibility index (Phi) is 7.65. The number of hydrogen-bond acceptors (Lipinski definition) is 8. The van der Waals surface area contributed by atoms with E-state index in [-0.39, 0.29) is 39.2 Å². The zero-order chi connectivity index (χ0) is 27.7. The predicted octanol–water partition coefficient (Wildman–Crippen LogP) is 3.45. The zero-order valence-corrected chi connectivity index (χ0v) is 22.2. The van der Waals surface area contributed by atoms with Crippen LogP contribution in [0.4, 0.5) is 8.78 Å². The van der Waals surface area contributed by atoms with E-state index in [1.54, 1.807) is 19.2 Å². The number of nitrogens with one attached hydrogen (secondary N) is 3. The van der Waals surface area contributed by atoms with Gasteiger partial charge in [-0.15, -0.1) is 0 Å². The molecule has 1 aliphatic carbocycles. The first-order chi connectivity index (χ1) is 18.7. The van der Waals surface area contributed by atoms with Gasteiger partial charge in [-0.2, -0.15) is 0 Å². The first-order valence-corrected chi connectivity index (χ1v) is 13.2. The highest BCUT2D eigenvalue weighted by Gasteiger charge is 2.28. The van der Waals surface area contributed by atoms with Crippen molar-refractivity contribution in [3.63, 3.8) is 0 Å². The normalized spacial score (nSPS) is 18.5. The van der Waals surface area contributed by atoms with E-state index in [9.17, 15) is 18.4 Å². The lowest BCUT2D eigenvalue weighted by atomic mass is 10.00. The van der Waals surface area contributed by atoms with Crippen LogP contribution in [0.25, 0.3) is 16.9 Å². The maximum atomic E-state index is 13.6. The highest BCUT2D eigenvalue weighted by Crippen LogP contribution is 2.35. The molecule has 0 bridgehead atoms. The third kappa shape index (κ3) is 5.80. The van der Waals surface area contributed by atoms with Gasteiger partial charge in [-0.25, -0.2) is 24.6 Å². The van der Waals surface area contributed by atoms with Crippen LogP contribution in [0.2, 0.25) is 0 Å². The van der Waals surface area contributed by atoms with E-state index in [1.807, 2.05) is 6.92 Å². The molecule has 3 aromatic heterocycles. The number of hydrazine groups is 1. The van der Waals surface area contributed by atoms with Gasteiger partial charge in [-0.05, 0) is 50.5 Å². The summed E-state index contributed by atoms with van der Waals surface area (Å²) in [4.78, 5) is 34.6. The average molecular weight is 553 g/mol. The zero-order valence-electron chi connectivity index (χ0n) is 21.4. The minimum atomic E-state index is -2.84. The summed E-state index contributed by atoms with van der Waals surface area (Å²) in [5, 5.41) is 2.68. The van der Waals surface area contributed by atoms with Gasteiger partial charge in [-0.1, -0.05) is 23.6 Å². The Morgan fingerprint density at radius 2 is 1.97 bits per heavy atom. The Morgan fingerprint density at radius 1 is 1.18 bits per heavy atom. The summed E-state index contributed by atoms with van der Waals surface area (Å²) in [7, 11) is 1.38. The number of nitrogens with zero attached hydrogens (tertiary/aromatic N) is 3. The molecule has 0 spiro atoms. The van der Waals surface area contributed by atoms with Crippen molar-refractivity contribution in [2.24, 2.45) is 5.92 Å². The number of pyridine rings is 3. The average Bonchev–Trinajstić information content (AvgIpc) is 3.67. The third-order valence-electron chi connectivity index (χ3n) is 6.48. The number of aromatic nitrogens is 3. The van der Waals surface area contributed by atoms with Crippen molar-refractivity contribution in [2.75, 3.05) is 7.11 Å². The second kappa shape index (κ2) is 11.1. The molecular weight excluding hydrogens is 526 g/mol. The van der Waals surface area contributed by atoms with E-state index in [0.29, 0.717) is 11.5 Å². The molecule has 0 radical (unpaired) electrons. The molecule has 9 nitrogen and oxygen atoms in total. The number of carbonyl (C=O) groups is 1. The summed E-state index contributed by atoms with van der Waals surface area (Å²) in [5.74, 6) is 6.69. The van der Waals surface area contributed by atoms with Crippen molar-refractivity contribution in [1.82, 2.24) is 30.7 Å². The fraction of sp³-hybridized carbons (Fsp3) is 0.333. The van der Waals surface area contributed by atoms with Crippen LogP contribution in [-0.2, 0) is 0 Å². The Hall–Kier alpha value is -3.79. The number of aryl methyl sites for hydroxylation is 1. The van der Waals surface area contributed by atoms with E-state index < -0.39 is 23.5 Å². The number of hydrogen-bond donors (Lipinski definition) is 3. The first-order valence-electron chi connectivity index (χ1n) is 12.3. The molecule has 202 valence electrons. The molecule has 1 saturated heterocycles. The van der Waals surface area contributed by atoms with Crippen LogP contribution in [0, 0.1) is 31.6 Å². The molecule has 1 amide bonds. The number of ether oxygens (including phenoxy) is 1. The van der Waals surface area contributed by atoms with Crippen molar-refractivity contribution in [3.8, 4) is 34.5 Å². The summed E-state index contributed by atoms with van der Waals surface area (Å²) in [6, 6.07) is 4.46. The van der Waals surface area contributed by atoms with Gasteiger partial charge in [0.15, 0.2) is 0 Å². The summed E-state index contributed by atoms with van der Waals surface area (Å²) in [6.45, 7) is 3.54. The van der Waals surface area contributed by atoms with Gasteiger partial charge in [0.05, 0.1) is 18.9 Å². The molecule has 3 N–H and O–H groups in total. The molecule has 1 saturated carbocycles. The summed E-state index contributed by atoms with van der Waals surface area (Å²) >= 11 is 1.40. The Bertz CT molecular complexity index is 1550. The SMILES string of the molecule is COc1cnc(C(F)F)cc1-c1cc(-n2ccc(C)c(C)c2=O)ncc1C(=O)NC1NNC(C#CC2CC2)S1. The van der Waals surface area contributed by atoms with E-state index in [1.165, 1.54) is 48.0 Å². The van der Waals surface area contributed by atoms with Crippen molar-refractivity contribution in [2.45, 2.75) is 44.0 Å². The highest BCUT2D eigenvalue weighted by molar-refractivity contribution is 8.00. The van der Waals surface area contributed by atoms with Crippen LogP contribution in [-0.4, -0.2) is 38.4 Å². The van der Waals surface area contributed by atoms with Crippen molar-refractivity contribution >= 4 is 17.7 Å². The Labute approximate surface area is 227 Å². The van der Waals surface area contributed by atoms with Crippen LogP contribution >= 0.6 is 11.8 Å². The fourth-order valence-electron chi connectivity index (χ4n) is 3.95. The van der Waals surface area contributed by atoms with Crippen LogP contribution in [0.3, 0.4) is 0 Å². The van der Waals surface area contributed by atoms with Gasteiger partial charge in [0, 0.05) is 35.0 Å². The second-order valence-corrected chi connectivity index (χ2v) is 10.4. The molecule has 2 unspecified atom stereocenters. The van der Waals surface area contributed by atoms with Crippen LogP contribution < -0.4 is 26.5 Å². The smallest absolute Gasteiger partial charge is 0.280 e. The first kappa shape index (κ1) is 26.8. The minimum absolute atomic E-state index is 0.107. The highest BCUT2D eigenvalue weighted by atomic mass is 32.2. The predicted molar refractivity (Wildman–Crippen MR) is 143 cm³/mol. The lowest BCUT2D eigenvalue weighted by Gasteiger charge is -2.17. The molecule has 4 heterocycles. The lowest BCUT2D eigenvalue weighted by molar-refractivity contribution is 0.0945. The van der Waals surface area contributed by atoms with Crippen LogP contribution in [0.1, 0.15) is 46.4 Å². The van der Waals surface area contributed by atoms with Crippen molar-refractivity contribution < 1.29 is 18.3 Å². The second-order valence-electron chi connectivity index (χ2n) is 9.22. The molecule has 39 heavy (non-hydrogen) atoms. The molecule has 2 fully saturated rings. The monoisotopic (exact) mass is 552 g/mol. The Balaban J connectivity index is 1.54. The van der Waals surface area contributed by atoms with Gasteiger partial charge in [-0.3, -0.25) is 19.1 Å². The number of methoxy groups -OCH3 is 1. The van der Waals surface area contributed by atoms with Crippen molar-refractivity contribution in [3.05, 3.63) is 69.5 Å². The van der Waals surface area contributed by atoms with E-state index in [0.717, 1.165) is 18.4 Å². The number of thioether (sulfide) groups is 1. The molecule has 5 rings (SSSR count).